The monoisotopic (exact) mass is 209 g/mol. The summed E-state index contributed by atoms with van der Waals surface area (Å²) in [4.78, 5) is 6.41. The van der Waals surface area contributed by atoms with Crippen molar-refractivity contribution in [3.05, 3.63) is 24.0 Å². The molecule has 15 heavy (non-hydrogen) atoms. The lowest BCUT2D eigenvalue weighted by molar-refractivity contribution is 0.120. The summed E-state index contributed by atoms with van der Waals surface area (Å²) in [5.74, 6) is 0. The van der Waals surface area contributed by atoms with Gasteiger partial charge in [-0.25, -0.2) is 0 Å². The molecule has 0 atom stereocenters. The first-order valence-electron chi connectivity index (χ1n) is 5.19. The summed E-state index contributed by atoms with van der Waals surface area (Å²) in [7, 11) is 2.05. The molecule has 0 fully saturated rings. The smallest absolute Gasteiger partial charge is 0.0593 e. The highest BCUT2D eigenvalue weighted by atomic mass is 16.5. The molecule has 1 aromatic heterocycles. The zero-order chi connectivity index (χ0) is 11.1. The van der Waals surface area contributed by atoms with Crippen LogP contribution in [0.3, 0.4) is 0 Å². The molecule has 0 spiro atoms. The maximum absolute atomic E-state index is 5.56. The Labute approximate surface area is 91.1 Å². The molecule has 1 aromatic rings. The molecule has 0 saturated carbocycles. The molecule has 1 heterocycles. The van der Waals surface area contributed by atoms with Crippen molar-refractivity contribution >= 4 is 5.69 Å². The average molecular weight is 209 g/mol. The highest BCUT2D eigenvalue weighted by Crippen LogP contribution is 2.03. The van der Waals surface area contributed by atoms with Crippen molar-refractivity contribution in [1.82, 2.24) is 9.88 Å². The predicted molar refractivity (Wildman–Crippen MR) is 61.5 cm³/mol. The zero-order valence-corrected chi connectivity index (χ0v) is 9.44. The molecule has 0 aliphatic heterocycles. The first-order valence-corrected chi connectivity index (χ1v) is 5.19. The Bertz CT molecular complexity index is 274. The van der Waals surface area contributed by atoms with E-state index in [0.717, 1.165) is 32.0 Å². The Morgan fingerprint density at radius 1 is 1.47 bits per heavy atom. The molecule has 2 N–H and O–H groups in total. The van der Waals surface area contributed by atoms with E-state index in [9.17, 15) is 0 Å². The van der Waals surface area contributed by atoms with Crippen LogP contribution in [-0.2, 0) is 11.3 Å². The lowest BCUT2D eigenvalue weighted by Gasteiger charge is -2.15. The van der Waals surface area contributed by atoms with Crippen LogP contribution in [0.1, 0.15) is 12.6 Å². The third kappa shape index (κ3) is 4.76. The van der Waals surface area contributed by atoms with Crippen molar-refractivity contribution in [2.24, 2.45) is 0 Å². The Kier molecular flexibility index (Phi) is 5.07. The molecule has 0 aliphatic rings. The molecule has 0 amide bonds. The van der Waals surface area contributed by atoms with E-state index in [1.54, 1.807) is 6.20 Å². The first kappa shape index (κ1) is 11.9. The van der Waals surface area contributed by atoms with Crippen LogP contribution in [0.4, 0.5) is 5.69 Å². The molecule has 0 unspecified atom stereocenters. The Hall–Kier alpha value is -1.13. The van der Waals surface area contributed by atoms with Gasteiger partial charge in [-0.3, -0.25) is 9.88 Å². The van der Waals surface area contributed by atoms with Gasteiger partial charge in [-0.2, -0.15) is 0 Å². The largest absolute Gasteiger partial charge is 0.397 e. The minimum Gasteiger partial charge on any atom is -0.397 e. The second-order valence-electron chi connectivity index (χ2n) is 3.52. The maximum atomic E-state index is 5.56. The van der Waals surface area contributed by atoms with Crippen molar-refractivity contribution in [3.63, 3.8) is 0 Å². The zero-order valence-electron chi connectivity index (χ0n) is 9.44. The molecule has 4 nitrogen and oxygen atoms in total. The van der Waals surface area contributed by atoms with E-state index < -0.39 is 0 Å². The number of hydrogen-bond donors (Lipinski definition) is 1. The van der Waals surface area contributed by atoms with Gasteiger partial charge in [-0.05, 0) is 26.1 Å². The lowest BCUT2D eigenvalue weighted by atomic mass is 10.3. The second kappa shape index (κ2) is 6.37. The standard InChI is InChI=1S/C11H19N3O/c1-3-15-7-6-14(2)9-11-5-4-10(12)8-13-11/h4-5,8H,3,6-7,9,12H2,1-2H3. The molecule has 0 bridgehead atoms. The summed E-state index contributed by atoms with van der Waals surface area (Å²) in [6, 6.07) is 3.82. The van der Waals surface area contributed by atoms with Gasteiger partial charge < -0.3 is 10.5 Å². The van der Waals surface area contributed by atoms with Crippen LogP contribution < -0.4 is 5.73 Å². The fourth-order valence-electron chi connectivity index (χ4n) is 1.25. The number of ether oxygens (including phenoxy) is 1. The fourth-order valence-corrected chi connectivity index (χ4v) is 1.25. The number of aromatic nitrogens is 1. The Balaban J connectivity index is 2.31. The second-order valence-corrected chi connectivity index (χ2v) is 3.52. The summed E-state index contributed by atoms with van der Waals surface area (Å²) in [5.41, 5.74) is 7.29. The van der Waals surface area contributed by atoms with E-state index >= 15 is 0 Å². The molecule has 0 aromatic carbocycles. The van der Waals surface area contributed by atoms with Crippen molar-refractivity contribution in [2.75, 3.05) is 32.5 Å². The van der Waals surface area contributed by atoms with Gasteiger partial charge in [0, 0.05) is 19.7 Å². The molecular formula is C11H19N3O. The first-order chi connectivity index (χ1) is 7.22. The Morgan fingerprint density at radius 2 is 2.27 bits per heavy atom. The van der Waals surface area contributed by atoms with Crippen LogP contribution in [0.5, 0.6) is 0 Å². The van der Waals surface area contributed by atoms with Gasteiger partial charge in [-0.15, -0.1) is 0 Å². The van der Waals surface area contributed by atoms with Gasteiger partial charge in [0.2, 0.25) is 0 Å². The fraction of sp³-hybridized carbons (Fsp3) is 0.545. The highest BCUT2D eigenvalue weighted by Gasteiger charge is 2.00. The van der Waals surface area contributed by atoms with Gasteiger partial charge in [0.25, 0.3) is 0 Å². The molecule has 0 saturated heterocycles. The van der Waals surface area contributed by atoms with Crippen LogP contribution in [0, 0.1) is 0 Å². The number of nitrogens with two attached hydrogens (primary N) is 1. The molecule has 84 valence electrons. The minimum atomic E-state index is 0.704. The van der Waals surface area contributed by atoms with E-state index in [4.69, 9.17) is 10.5 Å². The van der Waals surface area contributed by atoms with Gasteiger partial charge in [0.1, 0.15) is 0 Å². The van der Waals surface area contributed by atoms with E-state index in [-0.39, 0.29) is 0 Å². The third-order valence-electron chi connectivity index (χ3n) is 2.10. The predicted octanol–water partition coefficient (Wildman–Crippen LogP) is 1.13. The van der Waals surface area contributed by atoms with Crippen LogP contribution >= 0.6 is 0 Å². The molecule has 4 heteroatoms. The van der Waals surface area contributed by atoms with Crippen LogP contribution in [-0.4, -0.2) is 36.7 Å². The normalized spacial score (nSPS) is 10.9. The highest BCUT2D eigenvalue weighted by molar-refractivity contribution is 5.34. The number of nitrogens with zero attached hydrogens (tertiary/aromatic N) is 2. The van der Waals surface area contributed by atoms with E-state index in [0.29, 0.717) is 5.69 Å². The van der Waals surface area contributed by atoms with Crippen LogP contribution in [0.15, 0.2) is 18.3 Å². The van der Waals surface area contributed by atoms with Crippen LogP contribution in [0.25, 0.3) is 0 Å². The quantitative estimate of drug-likeness (QED) is 0.714. The minimum absolute atomic E-state index is 0.704. The topological polar surface area (TPSA) is 51.4 Å². The van der Waals surface area contributed by atoms with Crippen molar-refractivity contribution in [3.8, 4) is 0 Å². The van der Waals surface area contributed by atoms with Gasteiger partial charge in [-0.1, -0.05) is 0 Å². The van der Waals surface area contributed by atoms with E-state index in [1.165, 1.54) is 0 Å². The maximum Gasteiger partial charge on any atom is 0.0593 e. The summed E-state index contributed by atoms with van der Waals surface area (Å²) in [5, 5.41) is 0. The number of hydrogen-bond acceptors (Lipinski definition) is 4. The number of rotatable bonds is 6. The Morgan fingerprint density at radius 3 is 2.87 bits per heavy atom. The molecule has 1 rings (SSSR count). The molecule has 0 aliphatic carbocycles. The van der Waals surface area contributed by atoms with Gasteiger partial charge in [0.15, 0.2) is 0 Å². The SMILES string of the molecule is CCOCCN(C)Cc1ccc(N)cn1. The average Bonchev–Trinajstić information content (AvgIpc) is 2.22. The summed E-state index contributed by atoms with van der Waals surface area (Å²) in [6.45, 7) is 5.28. The summed E-state index contributed by atoms with van der Waals surface area (Å²) >= 11 is 0. The van der Waals surface area contributed by atoms with Crippen LogP contribution in [0.2, 0.25) is 0 Å². The number of likely N-dealkylation sites (N-methyl/N-ethyl adjacent to an activating group) is 1. The van der Waals surface area contributed by atoms with Gasteiger partial charge in [0.05, 0.1) is 24.2 Å². The number of anilines is 1. The van der Waals surface area contributed by atoms with Crippen molar-refractivity contribution in [2.45, 2.75) is 13.5 Å². The molecule has 0 radical (unpaired) electrons. The van der Waals surface area contributed by atoms with Gasteiger partial charge >= 0.3 is 0 Å². The van der Waals surface area contributed by atoms with Crippen molar-refractivity contribution < 1.29 is 4.74 Å². The lowest BCUT2D eigenvalue weighted by Crippen LogP contribution is -2.23. The van der Waals surface area contributed by atoms with E-state index in [1.807, 2.05) is 19.1 Å². The summed E-state index contributed by atoms with van der Waals surface area (Å²) in [6.07, 6.45) is 1.69. The molecular weight excluding hydrogens is 190 g/mol. The van der Waals surface area contributed by atoms with E-state index in [2.05, 4.69) is 16.9 Å². The summed E-state index contributed by atoms with van der Waals surface area (Å²) < 4.78 is 5.28. The number of nitrogen functional groups attached to an aromatic ring is 1. The third-order valence-corrected chi connectivity index (χ3v) is 2.10. The number of pyridine rings is 1. The van der Waals surface area contributed by atoms with Crippen molar-refractivity contribution in [1.29, 1.82) is 0 Å².